The van der Waals surface area contributed by atoms with Crippen molar-refractivity contribution in [2.24, 2.45) is 0 Å². The highest BCUT2D eigenvalue weighted by atomic mass is 16.7. The van der Waals surface area contributed by atoms with Crippen molar-refractivity contribution in [3.63, 3.8) is 0 Å². The third kappa shape index (κ3) is 4.59. The van der Waals surface area contributed by atoms with Gasteiger partial charge in [-0.15, -0.1) is 0 Å². The van der Waals surface area contributed by atoms with E-state index in [4.69, 9.17) is 9.47 Å². The third-order valence-corrected chi connectivity index (χ3v) is 6.10. The van der Waals surface area contributed by atoms with E-state index in [9.17, 15) is 4.79 Å². The zero-order valence-corrected chi connectivity index (χ0v) is 17.1. The summed E-state index contributed by atoms with van der Waals surface area (Å²) in [5.41, 5.74) is 1.28. The van der Waals surface area contributed by atoms with Gasteiger partial charge in [0, 0.05) is 59.4 Å². The monoisotopic (exact) mass is 388 g/mol. The molecule has 7 heteroatoms. The zero-order valence-electron chi connectivity index (χ0n) is 17.1. The fraction of sp³-hybridized carbons (Fsp3) is 0.667. The number of ether oxygens (including phenoxy) is 2. The van der Waals surface area contributed by atoms with Crippen LogP contribution in [0.15, 0.2) is 18.2 Å². The molecular weight excluding hydrogens is 356 g/mol. The van der Waals surface area contributed by atoms with Crippen LogP contribution in [0.1, 0.15) is 18.4 Å². The number of fused-ring (bicyclic) bond motifs is 1. The third-order valence-electron chi connectivity index (χ3n) is 6.10. The van der Waals surface area contributed by atoms with Crippen LogP contribution in [0.2, 0.25) is 0 Å². The molecule has 0 aliphatic carbocycles. The van der Waals surface area contributed by atoms with Crippen LogP contribution >= 0.6 is 0 Å². The molecule has 1 aromatic rings. The molecule has 0 N–H and O–H groups in total. The lowest BCUT2D eigenvalue weighted by atomic mass is 10.0. The molecule has 4 rings (SSSR count). The van der Waals surface area contributed by atoms with Gasteiger partial charge in [-0.3, -0.25) is 19.5 Å². The number of amides is 1. The zero-order chi connectivity index (χ0) is 19.5. The number of likely N-dealkylation sites (tertiary alicyclic amines) is 1. The van der Waals surface area contributed by atoms with Gasteiger partial charge in [0.15, 0.2) is 11.5 Å². The van der Waals surface area contributed by atoms with Crippen molar-refractivity contribution in [1.29, 1.82) is 0 Å². The maximum absolute atomic E-state index is 12.0. The smallest absolute Gasteiger partial charge is 0.236 e. The summed E-state index contributed by atoms with van der Waals surface area (Å²) >= 11 is 0. The Morgan fingerprint density at radius 1 is 1.07 bits per heavy atom. The molecule has 2 saturated heterocycles. The fourth-order valence-electron chi connectivity index (χ4n) is 4.39. The maximum Gasteiger partial charge on any atom is 0.236 e. The molecule has 1 amide bonds. The van der Waals surface area contributed by atoms with Crippen molar-refractivity contribution in [3.8, 4) is 11.5 Å². The summed E-state index contributed by atoms with van der Waals surface area (Å²) in [5.74, 6) is 1.92. The Morgan fingerprint density at radius 2 is 1.86 bits per heavy atom. The molecule has 1 atom stereocenters. The van der Waals surface area contributed by atoms with E-state index in [0.29, 0.717) is 19.4 Å². The normalized spacial score (nSPS) is 23.7. The summed E-state index contributed by atoms with van der Waals surface area (Å²) in [6.45, 7) is 8.27. The van der Waals surface area contributed by atoms with Gasteiger partial charge in [0.2, 0.25) is 12.7 Å². The summed E-state index contributed by atoms with van der Waals surface area (Å²) in [6, 6.07) is 6.84. The van der Waals surface area contributed by atoms with E-state index in [2.05, 4.69) is 26.8 Å². The van der Waals surface area contributed by atoms with Crippen LogP contribution in [0.5, 0.6) is 11.5 Å². The highest BCUT2D eigenvalue weighted by Crippen LogP contribution is 2.33. The number of benzene rings is 1. The van der Waals surface area contributed by atoms with E-state index in [1.807, 2.05) is 20.2 Å². The molecule has 0 radical (unpaired) electrons. The highest BCUT2D eigenvalue weighted by Gasteiger charge is 2.29. The topological polar surface area (TPSA) is 48.5 Å². The number of rotatable bonds is 5. The van der Waals surface area contributed by atoms with Gasteiger partial charge < -0.3 is 14.4 Å². The van der Waals surface area contributed by atoms with Gasteiger partial charge in [-0.2, -0.15) is 0 Å². The second-order valence-corrected chi connectivity index (χ2v) is 8.32. The molecule has 3 aliphatic rings. The van der Waals surface area contributed by atoms with Crippen LogP contribution in [-0.2, 0) is 11.3 Å². The van der Waals surface area contributed by atoms with E-state index in [1.54, 1.807) is 4.90 Å². The molecule has 0 saturated carbocycles. The molecule has 0 unspecified atom stereocenters. The molecule has 3 aliphatic heterocycles. The number of nitrogens with zero attached hydrogens (tertiary/aromatic N) is 4. The summed E-state index contributed by atoms with van der Waals surface area (Å²) in [6.07, 6.45) is 2.43. The minimum Gasteiger partial charge on any atom is -0.454 e. The van der Waals surface area contributed by atoms with Crippen LogP contribution in [0.25, 0.3) is 0 Å². The first-order valence-electron chi connectivity index (χ1n) is 10.4. The largest absolute Gasteiger partial charge is 0.454 e. The van der Waals surface area contributed by atoms with Gasteiger partial charge in [0.25, 0.3) is 0 Å². The Morgan fingerprint density at radius 3 is 2.64 bits per heavy atom. The quantitative estimate of drug-likeness (QED) is 0.753. The Kier molecular flexibility index (Phi) is 6.04. The van der Waals surface area contributed by atoms with Crippen LogP contribution < -0.4 is 9.47 Å². The SMILES string of the molecule is CN(C)C(=O)CN1CCC[C@H](N2CCN(Cc3ccc4c(c3)OCO4)CC2)C1. The molecule has 1 aromatic carbocycles. The fourth-order valence-corrected chi connectivity index (χ4v) is 4.39. The molecular formula is C21H32N4O3. The van der Waals surface area contributed by atoms with Crippen molar-refractivity contribution in [2.45, 2.75) is 25.4 Å². The standard InChI is InChI=1S/C21H32N4O3/c1-22(2)21(26)15-24-7-3-4-18(14-24)25-10-8-23(9-11-25)13-17-5-6-19-20(12-17)28-16-27-19/h5-6,12,18H,3-4,7-11,13-16H2,1-2H3/t18-/m0/s1. The Balaban J connectivity index is 1.25. The molecule has 0 spiro atoms. The molecule has 0 bridgehead atoms. The number of hydrogen-bond acceptors (Lipinski definition) is 6. The summed E-state index contributed by atoms with van der Waals surface area (Å²) in [7, 11) is 3.67. The van der Waals surface area contributed by atoms with E-state index >= 15 is 0 Å². The van der Waals surface area contributed by atoms with Crippen LogP contribution in [0.4, 0.5) is 0 Å². The van der Waals surface area contributed by atoms with Gasteiger partial charge in [-0.05, 0) is 37.1 Å². The minimum absolute atomic E-state index is 0.203. The minimum atomic E-state index is 0.203. The van der Waals surface area contributed by atoms with Crippen molar-refractivity contribution >= 4 is 5.91 Å². The average Bonchev–Trinajstić information content (AvgIpc) is 3.16. The number of likely N-dealkylation sites (N-methyl/N-ethyl adjacent to an activating group) is 1. The van der Waals surface area contributed by atoms with Crippen LogP contribution in [0.3, 0.4) is 0 Å². The van der Waals surface area contributed by atoms with Crippen molar-refractivity contribution in [3.05, 3.63) is 23.8 Å². The maximum atomic E-state index is 12.0. The van der Waals surface area contributed by atoms with Crippen LogP contribution in [0, 0.1) is 0 Å². The number of carbonyl (C=O) groups is 1. The first-order chi connectivity index (χ1) is 13.6. The molecule has 0 aromatic heterocycles. The molecule has 28 heavy (non-hydrogen) atoms. The van der Waals surface area contributed by atoms with Gasteiger partial charge in [-0.1, -0.05) is 6.07 Å². The van der Waals surface area contributed by atoms with Crippen LogP contribution in [-0.4, -0.2) is 98.3 Å². The number of piperazine rings is 1. The predicted octanol–water partition coefficient (Wildman–Crippen LogP) is 1.09. The van der Waals surface area contributed by atoms with Crippen molar-refractivity contribution in [1.82, 2.24) is 19.6 Å². The lowest BCUT2D eigenvalue weighted by Crippen LogP contribution is -2.55. The molecule has 2 fully saturated rings. The van der Waals surface area contributed by atoms with Crippen molar-refractivity contribution in [2.75, 3.05) is 66.7 Å². The second-order valence-electron chi connectivity index (χ2n) is 8.32. The van der Waals surface area contributed by atoms with E-state index in [0.717, 1.165) is 57.3 Å². The number of carbonyl (C=O) groups excluding carboxylic acids is 1. The number of hydrogen-bond donors (Lipinski definition) is 0. The molecule has 154 valence electrons. The summed E-state index contributed by atoms with van der Waals surface area (Å²) < 4.78 is 10.9. The van der Waals surface area contributed by atoms with Crippen molar-refractivity contribution < 1.29 is 14.3 Å². The lowest BCUT2D eigenvalue weighted by Gasteiger charge is -2.43. The predicted molar refractivity (Wildman–Crippen MR) is 108 cm³/mol. The average molecular weight is 389 g/mol. The number of piperidine rings is 1. The summed E-state index contributed by atoms with van der Waals surface area (Å²) in [5, 5.41) is 0. The molecule has 3 heterocycles. The van der Waals surface area contributed by atoms with E-state index in [1.165, 1.54) is 18.4 Å². The first kappa shape index (κ1) is 19.5. The first-order valence-corrected chi connectivity index (χ1v) is 10.4. The van der Waals surface area contributed by atoms with Gasteiger partial charge in [0.05, 0.1) is 6.54 Å². The Hall–Kier alpha value is -1.83. The Labute approximate surface area is 167 Å². The van der Waals surface area contributed by atoms with Gasteiger partial charge >= 0.3 is 0 Å². The van der Waals surface area contributed by atoms with E-state index < -0.39 is 0 Å². The van der Waals surface area contributed by atoms with Gasteiger partial charge in [0.1, 0.15) is 0 Å². The molecule has 7 nitrogen and oxygen atoms in total. The van der Waals surface area contributed by atoms with E-state index in [-0.39, 0.29) is 5.91 Å². The highest BCUT2D eigenvalue weighted by molar-refractivity contribution is 5.77. The van der Waals surface area contributed by atoms with Gasteiger partial charge in [-0.25, -0.2) is 0 Å². The lowest BCUT2D eigenvalue weighted by molar-refractivity contribution is -0.130. The summed E-state index contributed by atoms with van der Waals surface area (Å²) in [4.78, 5) is 21.2. The second kappa shape index (κ2) is 8.68. The Bertz CT molecular complexity index is 688.